The van der Waals surface area contributed by atoms with Gasteiger partial charge in [0.25, 0.3) is 0 Å². The van der Waals surface area contributed by atoms with E-state index in [1.807, 2.05) is 13.0 Å². The zero-order chi connectivity index (χ0) is 7.11. The molecule has 0 aromatic rings. The first-order chi connectivity index (χ1) is 4.31. The lowest BCUT2D eigenvalue weighted by molar-refractivity contribution is 0.203. The van der Waals surface area contributed by atoms with Gasteiger partial charge in [-0.25, -0.2) is 0 Å². The number of rotatable bonds is 4. The van der Waals surface area contributed by atoms with Crippen LogP contribution >= 0.6 is 0 Å². The van der Waals surface area contributed by atoms with Crippen molar-refractivity contribution in [2.24, 2.45) is 0 Å². The Morgan fingerprint density at radius 3 is 2.78 bits per heavy atom. The Morgan fingerprint density at radius 1 is 1.67 bits per heavy atom. The highest BCUT2D eigenvalue weighted by atomic mass is 16.5. The van der Waals surface area contributed by atoms with E-state index < -0.39 is 0 Å². The summed E-state index contributed by atoms with van der Waals surface area (Å²) < 4.78 is 5.13. The molecule has 9 heavy (non-hydrogen) atoms. The first-order valence-corrected chi connectivity index (χ1v) is 3.24. The van der Waals surface area contributed by atoms with E-state index in [1.54, 1.807) is 12.3 Å². The molecule has 0 N–H and O–H groups in total. The van der Waals surface area contributed by atoms with Gasteiger partial charge < -0.3 is 4.74 Å². The van der Waals surface area contributed by atoms with Crippen LogP contribution in [0.15, 0.2) is 25.0 Å². The summed E-state index contributed by atoms with van der Waals surface area (Å²) >= 11 is 0. The van der Waals surface area contributed by atoms with Crippen LogP contribution in [0.3, 0.4) is 0 Å². The van der Waals surface area contributed by atoms with Gasteiger partial charge >= 0.3 is 0 Å². The standard InChI is InChI=1S/C8H14O/c1-4-6-7-9-8(3)5-2/h5-8H,2,4H2,1,3H3. The van der Waals surface area contributed by atoms with Crippen LogP contribution in [0.5, 0.6) is 0 Å². The third-order valence-electron chi connectivity index (χ3n) is 0.957. The maximum atomic E-state index is 5.13. The minimum atomic E-state index is 0.132. The van der Waals surface area contributed by atoms with Gasteiger partial charge in [0.2, 0.25) is 0 Å². The molecule has 0 heterocycles. The topological polar surface area (TPSA) is 9.23 Å². The number of hydrogen-bond donors (Lipinski definition) is 0. The molecule has 0 spiro atoms. The van der Waals surface area contributed by atoms with Gasteiger partial charge in [0.1, 0.15) is 6.10 Å². The van der Waals surface area contributed by atoms with Crippen molar-refractivity contribution in [3.63, 3.8) is 0 Å². The van der Waals surface area contributed by atoms with E-state index >= 15 is 0 Å². The molecule has 0 aromatic heterocycles. The van der Waals surface area contributed by atoms with Gasteiger partial charge in [0.15, 0.2) is 0 Å². The Kier molecular flexibility index (Phi) is 4.98. The van der Waals surface area contributed by atoms with Crippen LogP contribution in [-0.4, -0.2) is 6.10 Å². The summed E-state index contributed by atoms with van der Waals surface area (Å²) in [6.45, 7) is 7.60. The lowest BCUT2D eigenvalue weighted by Gasteiger charge is -2.02. The summed E-state index contributed by atoms with van der Waals surface area (Å²) in [6, 6.07) is 0. The number of allylic oxidation sites excluding steroid dienone is 1. The van der Waals surface area contributed by atoms with Crippen molar-refractivity contribution in [1.82, 2.24) is 0 Å². The highest BCUT2D eigenvalue weighted by molar-refractivity contribution is 4.79. The fraction of sp³-hybridized carbons (Fsp3) is 0.500. The molecule has 0 aliphatic heterocycles. The van der Waals surface area contributed by atoms with E-state index in [0.717, 1.165) is 6.42 Å². The average molecular weight is 126 g/mol. The Hall–Kier alpha value is -0.720. The van der Waals surface area contributed by atoms with Crippen molar-refractivity contribution in [3.8, 4) is 0 Å². The number of ether oxygens (including phenoxy) is 1. The summed E-state index contributed by atoms with van der Waals surface area (Å²) in [5.41, 5.74) is 0. The second kappa shape index (κ2) is 5.42. The Balaban J connectivity index is 3.25. The molecule has 0 aliphatic rings. The maximum absolute atomic E-state index is 5.13. The third kappa shape index (κ3) is 5.15. The summed E-state index contributed by atoms with van der Waals surface area (Å²) in [4.78, 5) is 0. The number of hydrogen-bond acceptors (Lipinski definition) is 1. The second-order valence-corrected chi connectivity index (χ2v) is 1.86. The summed E-state index contributed by atoms with van der Waals surface area (Å²) in [5.74, 6) is 0. The van der Waals surface area contributed by atoms with Gasteiger partial charge in [0.05, 0.1) is 6.26 Å². The normalized spacial score (nSPS) is 13.6. The van der Waals surface area contributed by atoms with Gasteiger partial charge in [-0.1, -0.05) is 25.7 Å². The average Bonchev–Trinajstić information content (AvgIpc) is 1.89. The molecule has 0 radical (unpaired) electrons. The molecule has 1 unspecified atom stereocenters. The van der Waals surface area contributed by atoms with Crippen LogP contribution in [-0.2, 0) is 4.74 Å². The minimum Gasteiger partial charge on any atom is -0.495 e. The molecule has 0 amide bonds. The molecule has 52 valence electrons. The smallest absolute Gasteiger partial charge is 0.113 e. The first kappa shape index (κ1) is 8.28. The van der Waals surface area contributed by atoms with Crippen molar-refractivity contribution in [2.75, 3.05) is 0 Å². The van der Waals surface area contributed by atoms with Crippen LogP contribution in [0, 0.1) is 0 Å². The summed E-state index contributed by atoms with van der Waals surface area (Å²) in [6.07, 6.45) is 6.60. The second-order valence-electron chi connectivity index (χ2n) is 1.86. The molecule has 1 heteroatoms. The molecular weight excluding hydrogens is 112 g/mol. The van der Waals surface area contributed by atoms with Crippen molar-refractivity contribution in [1.29, 1.82) is 0 Å². The van der Waals surface area contributed by atoms with Crippen molar-refractivity contribution >= 4 is 0 Å². The molecule has 0 rings (SSSR count). The van der Waals surface area contributed by atoms with E-state index in [2.05, 4.69) is 13.5 Å². The largest absolute Gasteiger partial charge is 0.495 e. The fourth-order valence-electron chi connectivity index (χ4n) is 0.331. The van der Waals surface area contributed by atoms with Gasteiger partial charge in [-0.3, -0.25) is 0 Å². The predicted molar refractivity (Wildman–Crippen MR) is 40.2 cm³/mol. The summed E-state index contributed by atoms with van der Waals surface area (Å²) in [5, 5.41) is 0. The lowest BCUT2D eigenvalue weighted by Crippen LogP contribution is -1.96. The minimum absolute atomic E-state index is 0.132. The Morgan fingerprint density at radius 2 is 2.33 bits per heavy atom. The zero-order valence-electron chi connectivity index (χ0n) is 6.13. The van der Waals surface area contributed by atoms with E-state index in [9.17, 15) is 0 Å². The zero-order valence-corrected chi connectivity index (χ0v) is 6.13. The van der Waals surface area contributed by atoms with Crippen LogP contribution in [0.1, 0.15) is 20.3 Å². The van der Waals surface area contributed by atoms with Crippen LogP contribution in [0.4, 0.5) is 0 Å². The highest BCUT2D eigenvalue weighted by Gasteiger charge is 1.87. The summed E-state index contributed by atoms with van der Waals surface area (Å²) in [7, 11) is 0. The molecule has 0 saturated carbocycles. The van der Waals surface area contributed by atoms with E-state index in [4.69, 9.17) is 4.74 Å². The molecule has 0 bridgehead atoms. The maximum Gasteiger partial charge on any atom is 0.113 e. The van der Waals surface area contributed by atoms with Gasteiger partial charge in [0, 0.05) is 0 Å². The molecule has 0 saturated heterocycles. The fourth-order valence-corrected chi connectivity index (χ4v) is 0.331. The first-order valence-electron chi connectivity index (χ1n) is 3.24. The molecule has 1 nitrogen and oxygen atoms in total. The monoisotopic (exact) mass is 126 g/mol. The van der Waals surface area contributed by atoms with Crippen LogP contribution < -0.4 is 0 Å². The molecule has 0 aliphatic carbocycles. The van der Waals surface area contributed by atoms with E-state index in [0.29, 0.717) is 0 Å². The van der Waals surface area contributed by atoms with E-state index in [1.165, 1.54) is 0 Å². The van der Waals surface area contributed by atoms with Crippen molar-refractivity contribution in [2.45, 2.75) is 26.4 Å². The van der Waals surface area contributed by atoms with Gasteiger partial charge in [-0.15, -0.1) is 0 Å². The molecule has 0 aromatic carbocycles. The predicted octanol–water partition coefficient (Wildman–Crippen LogP) is 2.50. The Labute approximate surface area is 57.0 Å². The molecule has 0 fully saturated rings. The lowest BCUT2D eigenvalue weighted by atomic mass is 10.4. The quantitative estimate of drug-likeness (QED) is 0.415. The third-order valence-corrected chi connectivity index (χ3v) is 0.957. The van der Waals surface area contributed by atoms with Gasteiger partial charge in [-0.05, 0) is 13.3 Å². The van der Waals surface area contributed by atoms with E-state index in [-0.39, 0.29) is 6.10 Å². The van der Waals surface area contributed by atoms with Crippen molar-refractivity contribution < 1.29 is 4.74 Å². The molecule has 1 atom stereocenters. The van der Waals surface area contributed by atoms with Gasteiger partial charge in [-0.2, -0.15) is 0 Å². The van der Waals surface area contributed by atoms with Crippen LogP contribution in [0.25, 0.3) is 0 Å². The molecular formula is C8H14O. The SMILES string of the molecule is C=CC(C)OC=CCC. The van der Waals surface area contributed by atoms with Crippen molar-refractivity contribution in [3.05, 3.63) is 25.0 Å². The highest BCUT2D eigenvalue weighted by Crippen LogP contribution is 1.91. The van der Waals surface area contributed by atoms with Crippen LogP contribution in [0.2, 0.25) is 0 Å². The Bertz CT molecular complexity index is 94.7.